The number of nitrogens with zero attached hydrogens (tertiary/aromatic N) is 3. The molecule has 2 aromatic carbocycles. The summed E-state index contributed by atoms with van der Waals surface area (Å²) >= 11 is 5.96. The van der Waals surface area contributed by atoms with Gasteiger partial charge in [0.05, 0.1) is 5.69 Å². The zero-order valence-electron chi connectivity index (χ0n) is 16.4. The zero-order chi connectivity index (χ0) is 20.4. The lowest BCUT2D eigenvalue weighted by molar-refractivity contribution is -0.131. The summed E-state index contributed by atoms with van der Waals surface area (Å²) in [7, 11) is 0. The second-order valence-corrected chi connectivity index (χ2v) is 7.75. The van der Waals surface area contributed by atoms with E-state index in [9.17, 15) is 9.59 Å². The van der Waals surface area contributed by atoms with Gasteiger partial charge in [0.2, 0.25) is 5.91 Å². The van der Waals surface area contributed by atoms with Crippen LogP contribution in [-0.2, 0) is 9.59 Å². The Morgan fingerprint density at radius 1 is 1.07 bits per heavy atom. The molecule has 1 fully saturated rings. The lowest BCUT2D eigenvalue weighted by Gasteiger charge is -2.37. The standard InChI is InChI=1S/C22H24ClN3O3/c1-16-22(28)26(19-4-2-3-5-20(19)29-16)11-10-21(27)25-14-12-24(13-15-25)18-8-6-17(23)7-9-18/h2-9,16H,10-15H2,1H3. The zero-order valence-corrected chi connectivity index (χ0v) is 17.1. The molecule has 2 aliphatic rings. The van der Waals surface area contributed by atoms with Crippen molar-refractivity contribution in [1.82, 2.24) is 4.90 Å². The number of anilines is 2. The predicted octanol–water partition coefficient (Wildman–Crippen LogP) is 3.19. The fourth-order valence-corrected chi connectivity index (χ4v) is 3.95. The first-order valence-electron chi connectivity index (χ1n) is 9.88. The van der Waals surface area contributed by atoms with Crippen LogP contribution in [0.15, 0.2) is 48.5 Å². The van der Waals surface area contributed by atoms with Crippen LogP contribution < -0.4 is 14.5 Å². The van der Waals surface area contributed by atoms with Crippen molar-refractivity contribution in [2.75, 3.05) is 42.5 Å². The van der Waals surface area contributed by atoms with E-state index in [-0.39, 0.29) is 11.8 Å². The van der Waals surface area contributed by atoms with E-state index in [1.165, 1.54) is 0 Å². The van der Waals surface area contributed by atoms with Gasteiger partial charge in [-0.05, 0) is 43.3 Å². The summed E-state index contributed by atoms with van der Waals surface area (Å²) in [6.07, 6.45) is -0.240. The van der Waals surface area contributed by atoms with E-state index < -0.39 is 6.10 Å². The normalized spacial score (nSPS) is 19.0. The molecule has 2 amide bonds. The van der Waals surface area contributed by atoms with E-state index in [1.54, 1.807) is 11.8 Å². The van der Waals surface area contributed by atoms with Crippen molar-refractivity contribution in [1.29, 1.82) is 0 Å². The van der Waals surface area contributed by atoms with Gasteiger partial charge in [-0.1, -0.05) is 23.7 Å². The molecule has 152 valence electrons. The highest BCUT2D eigenvalue weighted by Crippen LogP contribution is 2.33. The fraction of sp³-hybridized carbons (Fsp3) is 0.364. The third-order valence-electron chi connectivity index (χ3n) is 5.45. The number of halogens is 1. The number of fused-ring (bicyclic) bond motifs is 1. The molecule has 6 nitrogen and oxygen atoms in total. The Bertz CT molecular complexity index is 894. The Morgan fingerprint density at radius 3 is 2.48 bits per heavy atom. The minimum atomic E-state index is -0.539. The minimum Gasteiger partial charge on any atom is -0.479 e. The summed E-state index contributed by atoms with van der Waals surface area (Å²) in [5.41, 5.74) is 1.85. The van der Waals surface area contributed by atoms with Gasteiger partial charge in [-0.15, -0.1) is 0 Å². The lowest BCUT2D eigenvalue weighted by Crippen LogP contribution is -2.50. The maximum absolute atomic E-state index is 12.7. The SMILES string of the molecule is CC1Oc2ccccc2N(CCC(=O)N2CCN(c3ccc(Cl)cc3)CC2)C1=O. The number of piperazine rings is 1. The molecule has 0 N–H and O–H groups in total. The van der Waals surface area contributed by atoms with Crippen LogP contribution in [0, 0.1) is 0 Å². The van der Waals surface area contributed by atoms with E-state index in [2.05, 4.69) is 4.90 Å². The van der Waals surface area contributed by atoms with Crippen LogP contribution in [0.3, 0.4) is 0 Å². The average Bonchev–Trinajstić information content (AvgIpc) is 2.74. The number of para-hydroxylation sites is 2. The van der Waals surface area contributed by atoms with E-state index in [0.717, 1.165) is 29.5 Å². The van der Waals surface area contributed by atoms with Crippen molar-refractivity contribution >= 4 is 34.8 Å². The van der Waals surface area contributed by atoms with Crippen molar-refractivity contribution in [3.05, 3.63) is 53.6 Å². The van der Waals surface area contributed by atoms with Gasteiger partial charge in [0.1, 0.15) is 5.75 Å². The second kappa shape index (κ2) is 8.33. The third kappa shape index (κ3) is 4.17. The van der Waals surface area contributed by atoms with Crippen LogP contribution >= 0.6 is 11.6 Å². The molecule has 0 aliphatic carbocycles. The topological polar surface area (TPSA) is 53.1 Å². The Hall–Kier alpha value is -2.73. The number of amides is 2. The predicted molar refractivity (Wildman–Crippen MR) is 114 cm³/mol. The molecule has 0 radical (unpaired) electrons. The first kappa shape index (κ1) is 19.6. The van der Waals surface area contributed by atoms with Crippen molar-refractivity contribution in [2.24, 2.45) is 0 Å². The summed E-state index contributed by atoms with van der Waals surface area (Å²) in [5, 5.41) is 0.719. The summed E-state index contributed by atoms with van der Waals surface area (Å²) in [6.45, 7) is 5.01. The molecule has 1 unspecified atom stereocenters. The average molecular weight is 414 g/mol. The maximum atomic E-state index is 12.7. The Morgan fingerprint density at radius 2 is 1.76 bits per heavy atom. The molecule has 0 aromatic heterocycles. The lowest BCUT2D eigenvalue weighted by atomic mass is 10.1. The van der Waals surface area contributed by atoms with Crippen LogP contribution in [0.5, 0.6) is 5.75 Å². The van der Waals surface area contributed by atoms with Gasteiger partial charge >= 0.3 is 0 Å². The van der Waals surface area contributed by atoms with Crippen LogP contribution in [0.25, 0.3) is 0 Å². The summed E-state index contributed by atoms with van der Waals surface area (Å²) < 4.78 is 5.66. The Kier molecular flexibility index (Phi) is 5.62. The van der Waals surface area contributed by atoms with E-state index in [1.807, 2.05) is 53.4 Å². The van der Waals surface area contributed by atoms with Gasteiger partial charge in [0.15, 0.2) is 6.10 Å². The van der Waals surface area contributed by atoms with E-state index in [0.29, 0.717) is 31.8 Å². The highest BCUT2D eigenvalue weighted by Gasteiger charge is 2.32. The van der Waals surface area contributed by atoms with Crippen LogP contribution in [0.4, 0.5) is 11.4 Å². The van der Waals surface area contributed by atoms with Gasteiger partial charge < -0.3 is 19.4 Å². The molecular weight excluding hydrogens is 390 g/mol. The molecule has 2 aromatic rings. The molecule has 1 saturated heterocycles. The smallest absolute Gasteiger partial charge is 0.267 e. The van der Waals surface area contributed by atoms with Gasteiger partial charge in [0, 0.05) is 49.9 Å². The number of ether oxygens (including phenoxy) is 1. The molecule has 4 rings (SSSR count). The number of benzene rings is 2. The van der Waals surface area contributed by atoms with E-state index in [4.69, 9.17) is 16.3 Å². The molecule has 2 heterocycles. The Labute approximate surface area is 175 Å². The largest absolute Gasteiger partial charge is 0.479 e. The fourth-order valence-electron chi connectivity index (χ4n) is 3.82. The molecule has 0 bridgehead atoms. The number of hydrogen-bond acceptors (Lipinski definition) is 4. The van der Waals surface area contributed by atoms with Crippen molar-refractivity contribution in [3.63, 3.8) is 0 Å². The van der Waals surface area contributed by atoms with Crippen LogP contribution in [0.1, 0.15) is 13.3 Å². The van der Waals surface area contributed by atoms with Crippen LogP contribution in [-0.4, -0.2) is 55.5 Å². The second-order valence-electron chi connectivity index (χ2n) is 7.31. The van der Waals surface area contributed by atoms with Gasteiger partial charge in [-0.2, -0.15) is 0 Å². The minimum absolute atomic E-state index is 0.0742. The molecule has 0 saturated carbocycles. The van der Waals surface area contributed by atoms with Gasteiger partial charge in [-0.3, -0.25) is 9.59 Å². The number of hydrogen-bond donors (Lipinski definition) is 0. The monoisotopic (exact) mass is 413 g/mol. The number of carbonyl (C=O) groups excluding carboxylic acids is 2. The van der Waals surface area contributed by atoms with Crippen molar-refractivity contribution in [3.8, 4) is 5.75 Å². The van der Waals surface area contributed by atoms with Crippen molar-refractivity contribution in [2.45, 2.75) is 19.4 Å². The molecule has 0 spiro atoms. The molecule has 29 heavy (non-hydrogen) atoms. The highest BCUT2D eigenvalue weighted by molar-refractivity contribution is 6.30. The van der Waals surface area contributed by atoms with E-state index >= 15 is 0 Å². The molecule has 1 atom stereocenters. The quantitative estimate of drug-likeness (QED) is 0.772. The molecular formula is C22H24ClN3O3. The number of carbonyl (C=O) groups is 2. The summed E-state index contributed by atoms with van der Waals surface area (Å²) in [4.78, 5) is 31.1. The highest BCUT2D eigenvalue weighted by atomic mass is 35.5. The maximum Gasteiger partial charge on any atom is 0.267 e. The Balaban J connectivity index is 1.34. The van der Waals surface area contributed by atoms with Crippen molar-refractivity contribution < 1.29 is 14.3 Å². The first-order valence-corrected chi connectivity index (χ1v) is 10.3. The number of rotatable bonds is 4. The first-order chi connectivity index (χ1) is 14.0. The molecule has 7 heteroatoms. The third-order valence-corrected chi connectivity index (χ3v) is 5.70. The van der Waals surface area contributed by atoms with Gasteiger partial charge in [-0.25, -0.2) is 0 Å². The van der Waals surface area contributed by atoms with Crippen LogP contribution in [0.2, 0.25) is 5.02 Å². The summed E-state index contributed by atoms with van der Waals surface area (Å²) in [6, 6.07) is 15.2. The van der Waals surface area contributed by atoms with Gasteiger partial charge in [0.25, 0.3) is 5.91 Å². The molecule has 2 aliphatic heterocycles. The summed E-state index contributed by atoms with van der Waals surface area (Å²) in [5.74, 6) is 0.651.